The van der Waals surface area contributed by atoms with Gasteiger partial charge in [0.15, 0.2) is 0 Å². The van der Waals surface area contributed by atoms with E-state index in [1.807, 2.05) is 19.1 Å². The number of hydrogen-bond acceptors (Lipinski definition) is 10. The van der Waals surface area contributed by atoms with Crippen molar-refractivity contribution >= 4 is 73.9 Å². The van der Waals surface area contributed by atoms with E-state index in [0.29, 0.717) is 47.5 Å². The number of nitrogens with zero attached hydrogens (tertiary/aromatic N) is 2. The first-order valence-electron chi connectivity index (χ1n) is 18.3. The van der Waals surface area contributed by atoms with E-state index in [9.17, 15) is 19.8 Å². The van der Waals surface area contributed by atoms with Crippen LogP contribution in [-0.4, -0.2) is 84.1 Å². The summed E-state index contributed by atoms with van der Waals surface area (Å²) in [7, 11) is 1.37. The van der Waals surface area contributed by atoms with Gasteiger partial charge >= 0.3 is 5.97 Å². The fourth-order valence-electron chi connectivity index (χ4n) is 7.47. The van der Waals surface area contributed by atoms with E-state index in [1.165, 1.54) is 18.9 Å². The zero-order valence-electron chi connectivity index (χ0n) is 31.4. The van der Waals surface area contributed by atoms with Gasteiger partial charge < -0.3 is 29.7 Å². The number of thioether (sulfide) groups is 2. The molecule has 3 aliphatic rings. The molecule has 0 amide bonds. The van der Waals surface area contributed by atoms with Gasteiger partial charge in [0.25, 0.3) is 0 Å². The molecule has 0 radical (unpaired) electrons. The van der Waals surface area contributed by atoms with E-state index in [4.69, 9.17) is 19.4 Å². The first-order valence-corrected chi connectivity index (χ1v) is 20.4. The Morgan fingerprint density at radius 1 is 1.04 bits per heavy atom. The zero-order chi connectivity index (χ0) is 38.0. The van der Waals surface area contributed by atoms with Crippen molar-refractivity contribution in [2.24, 2.45) is 0 Å². The number of allylic oxidation sites excluding steroid dienone is 1. The predicted octanol–water partition coefficient (Wildman–Crippen LogP) is 7.37. The summed E-state index contributed by atoms with van der Waals surface area (Å²) in [6.45, 7) is 14.4. The highest BCUT2D eigenvalue weighted by Gasteiger charge is 2.31. The molecular weight excluding hydrogens is 709 g/mol. The molecule has 1 fully saturated rings. The lowest BCUT2D eigenvalue weighted by atomic mass is 9.97. The van der Waals surface area contributed by atoms with Gasteiger partial charge in [0.2, 0.25) is 5.12 Å². The summed E-state index contributed by atoms with van der Waals surface area (Å²) in [6.07, 6.45) is 4.06. The summed E-state index contributed by atoms with van der Waals surface area (Å²) < 4.78 is 11.1. The number of methoxy groups -OCH3 is 1. The van der Waals surface area contributed by atoms with Gasteiger partial charge in [-0.1, -0.05) is 38.3 Å². The summed E-state index contributed by atoms with van der Waals surface area (Å²) in [5.41, 5.74) is 12.6. The summed E-state index contributed by atoms with van der Waals surface area (Å²) in [6, 6.07) is 6.23. The molecular formula is C41H50N4O6S2. The number of carbonyl (C=O) groups is 2. The molecule has 0 saturated carbocycles. The Morgan fingerprint density at radius 3 is 2.51 bits per heavy atom. The second-order valence-corrected chi connectivity index (χ2v) is 16.4. The van der Waals surface area contributed by atoms with Gasteiger partial charge in [-0.2, -0.15) is 0 Å². The van der Waals surface area contributed by atoms with E-state index in [2.05, 4.69) is 56.4 Å². The number of rotatable bonds is 11. The quantitative estimate of drug-likeness (QED) is 0.115. The Morgan fingerprint density at radius 2 is 1.79 bits per heavy atom. The second-order valence-electron chi connectivity index (χ2n) is 14.1. The number of esters is 1. The fourth-order valence-corrected chi connectivity index (χ4v) is 9.69. The number of aromatic nitrogens is 4. The molecule has 8 bridgehead atoms. The van der Waals surface area contributed by atoms with Gasteiger partial charge in [-0.05, 0) is 86.2 Å². The van der Waals surface area contributed by atoms with Gasteiger partial charge in [0, 0.05) is 69.1 Å². The summed E-state index contributed by atoms with van der Waals surface area (Å²) >= 11 is 2.84. The molecule has 3 aromatic heterocycles. The van der Waals surface area contributed by atoms with Gasteiger partial charge in [0.05, 0.1) is 49.3 Å². The third kappa shape index (κ3) is 8.22. The number of hydrogen-bond donors (Lipinski definition) is 4. The highest BCUT2D eigenvalue weighted by molar-refractivity contribution is 8.14. The first-order chi connectivity index (χ1) is 25.5. The average molecular weight is 759 g/mol. The van der Waals surface area contributed by atoms with Crippen LogP contribution in [0.4, 0.5) is 0 Å². The number of aromatic amines is 2. The minimum atomic E-state index is -0.489. The maximum atomic E-state index is 14.3. The normalized spacial score (nSPS) is 20.2. The van der Waals surface area contributed by atoms with Crippen LogP contribution in [0.25, 0.3) is 39.3 Å². The molecule has 282 valence electrons. The molecule has 3 aliphatic heterocycles. The van der Waals surface area contributed by atoms with Crippen molar-refractivity contribution in [2.75, 3.05) is 25.2 Å². The molecule has 4 N–H and O–H groups in total. The van der Waals surface area contributed by atoms with Crippen molar-refractivity contribution in [3.05, 3.63) is 75.4 Å². The predicted molar refractivity (Wildman–Crippen MR) is 216 cm³/mol. The molecule has 0 aliphatic carbocycles. The number of aliphatic hydroxyl groups is 2. The van der Waals surface area contributed by atoms with Crippen LogP contribution in [0, 0.1) is 13.8 Å². The highest BCUT2D eigenvalue weighted by atomic mass is 32.2. The van der Waals surface area contributed by atoms with Crippen LogP contribution in [0.3, 0.4) is 0 Å². The second kappa shape index (κ2) is 16.8. The fraction of sp³-hybridized carbons (Fsp3) is 0.463. The van der Waals surface area contributed by atoms with E-state index < -0.39 is 12.1 Å². The van der Waals surface area contributed by atoms with Crippen LogP contribution in [-0.2, 0) is 38.3 Å². The highest BCUT2D eigenvalue weighted by Crippen LogP contribution is 2.39. The van der Waals surface area contributed by atoms with Crippen molar-refractivity contribution in [3.63, 3.8) is 0 Å². The maximum Gasteiger partial charge on any atom is 0.310 e. The number of fused-ring (bicyclic) bond motifs is 8. The molecule has 12 heteroatoms. The Hall–Kier alpha value is -3.68. The van der Waals surface area contributed by atoms with Crippen LogP contribution in [0.1, 0.15) is 96.5 Å². The molecule has 6 heterocycles. The molecule has 10 nitrogen and oxygen atoms in total. The largest absolute Gasteiger partial charge is 0.469 e. The van der Waals surface area contributed by atoms with Gasteiger partial charge in [-0.15, -0.1) is 11.8 Å². The van der Waals surface area contributed by atoms with Crippen LogP contribution < -0.4 is 0 Å². The molecule has 0 spiro atoms. The van der Waals surface area contributed by atoms with Gasteiger partial charge in [0.1, 0.15) is 5.44 Å². The standard InChI is InChI=1S/C41H50N4O6S2/c1-8-27-22(4)31-17-30-21(3)13-34(42-30)29(16-37(48)50-7)40-39(41(49)53-12-10-11-52-38-15-25(47)14-26(20-46)51-38)24(6)33(45-40)19-36-28(9-2)23(5)32(44-36)18-35(27)43-31/h8,17-19,21,25-26,38,43-44,46-47H,1,9-16,20H2,2-7H3. The molecule has 0 aromatic carbocycles. The van der Waals surface area contributed by atoms with E-state index in [0.717, 1.165) is 79.9 Å². The van der Waals surface area contributed by atoms with Crippen LogP contribution in [0.2, 0.25) is 0 Å². The monoisotopic (exact) mass is 758 g/mol. The lowest BCUT2D eigenvalue weighted by Crippen LogP contribution is -2.36. The van der Waals surface area contributed by atoms with Gasteiger partial charge in [-0.25, -0.2) is 4.98 Å². The minimum Gasteiger partial charge on any atom is -0.469 e. The molecule has 1 saturated heterocycles. The Bertz CT molecular complexity index is 2120. The van der Waals surface area contributed by atoms with Crippen molar-refractivity contribution in [1.82, 2.24) is 19.9 Å². The van der Waals surface area contributed by atoms with E-state index >= 15 is 0 Å². The third-order valence-electron chi connectivity index (χ3n) is 10.5. The number of aryl methyl sites for hydroxylation is 3. The number of H-pyrrole nitrogens is 2. The van der Waals surface area contributed by atoms with Crippen molar-refractivity contribution < 1.29 is 29.3 Å². The maximum absolute atomic E-state index is 14.3. The van der Waals surface area contributed by atoms with Crippen molar-refractivity contribution in [2.45, 2.75) is 96.7 Å². The van der Waals surface area contributed by atoms with Gasteiger partial charge in [-0.3, -0.25) is 14.6 Å². The van der Waals surface area contributed by atoms with Crippen molar-refractivity contribution in [3.8, 4) is 0 Å². The van der Waals surface area contributed by atoms with Crippen LogP contribution in [0.5, 0.6) is 0 Å². The lowest BCUT2D eigenvalue weighted by molar-refractivity contribution is -0.139. The topological polar surface area (TPSA) is 150 Å². The summed E-state index contributed by atoms with van der Waals surface area (Å²) in [5.74, 6) is 0.948. The summed E-state index contributed by atoms with van der Waals surface area (Å²) in [5, 5.41) is 19.6. The molecule has 3 aromatic rings. The number of ether oxygens (including phenoxy) is 2. The Balaban J connectivity index is 1.46. The zero-order valence-corrected chi connectivity index (χ0v) is 33.1. The summed E-state index contributed by atoms with van der Waals surface area (Å²) in [4.78, 5) is 44.8. The molecule has 4 unspecified atom stereocenters. The van der Waals surface area contributed by atoms with Crippen LogP contribution in [0.15, 0.2) is 24.8 Å². The van der Waals surface area contributed by atoms with E-state index in [1.54, 1.807) is 11.8 Å². The smallest absolute Gasteiger partial charge is 0.310 e. The first kappa shape index (κ1) is 39.0. The van der Waals surface area contributed by atoms with Crippen molar-refractivity contribution in [1.29, 1.82) is 0 Å². The Kier molecular flexibility index (Phi) is 12.3. The third-order valence-corrected chi connectivity index (χ3v) is 12.7. The average Bonchev–Trinajstić information content (AvgIpc) is 3.84. The van der Waals surface area contributed by atoms with E-state index in [-0.39, 0.29) is 35.6 Å². The molecule has 6 rings (SSSR count). The Labute approximate surface area is 319 Å². The SMILES string of the molecule is C=Cc1c(C)c2cc3nc(c(CC(=O)OC)c4nc(cc5[nH]c(cc1[nH]2)c(C)c5CC)C(C)=C4C(=O)SCCCSC1CC(O)CC(CO)O1)CC3C. The lowest BCUT2D eigenvalue weighted by Gasteiger charge is -2.31. The number of carbonyl (C=O) groups excluding carboxylic acids is 2. The molecule has 53 heavy (non-hydrogen) atoms. The number of nitrogens with one attached hydrogen (secondary N) is 2. The molecule has 4 atom stereocenters. The van der Waals surface area contributed by atoms with Crippen LogP contribution >= 0.6 is 23.5 Å². The minimum absolute atomic E-state index is 0.0607. The number of aliphatic hydroxyl groups excluding tert-OH is 2.